The molecule has 1 aliphatic rings. The quantitative estimate of drug-likeness (QED) is 0.733. The van der Waals surface area contributed by atoms with Crippen LogP contribution in [0.3, 0.4) is 0 Å². The second-order valence-electron chi connectivity index (χ2n) is 7.44. The van der Waals surface area contributed by atoms with Crippen molar-refractivity contribution in [1.82, 2.24) is 15.1 Å². The third kappa shape index (κ3) is 7.25. The van der Waals surface area contributed by atoms with Crippen LogP contribution < -0.4 is 11.1 Å². The molecule has 1 aliphatic heterocycles. The summed E-state index contributed by atoms with van der Waals surface area (Å²) in [4.78, 5) is 16.8. The van der Waals surface area contributed by atoms with Gasteiger partial charge in [-0.15, -0.1) is 0 Å². The molecular formula is C16H34N4O. The zero-order valence-electron chi connectivity index (χ0n) is 14.5. The highest BCUT2D eigenvalue weighted by atomic mass is 16.1. The fourth-order valence-electron chi connectivity index (χ4n) is 2.68. The van der Waals surface area contributed by atoms with Gasteiger partial charge in [0.1, 0.15) is 0 Å². The van der Waals surface area contributed by atoms with Crippen LogP contribution in [0.1, 0.15) is 40.5 Å². The Morgan fingerprint density at radius 2 is 1.81 bits per heavy atom. The predicted molar refractivity (Wildman–Crippen MR) is 88.2 cm³/mol. The number of nitrogens with one attached hydrogen (secondary N) is 1. The number of carbonyl (C=O) groups excluding carboxylic acids is 1. The van der Waals surface area contributed by atoms with Crippen LogP contribution in [0, 0.1) is 5.92 Å². The third-order valence-corrected chi connectivity index (χ3v) is 4.28. The molecule has 0 aromatic carbocycles. The van der Waals surface area contributed by atoms with E-state index in [1.165, 1.54) is 0 Å². The second kappa shape index (κ2) is 8.11. The van der Waals surface area contributed by atoms with Crippen LogP contribution >= 0.6 is 0 Å². The van der Waals surface area contributed by atoms with Crippen molar-refractivity contribution in [2.75, 3.05) is 39.8 Å². The molecule has 1 amide bonds. The lowest BCUT2D eigenvalue weighted by Gasteiger charge is -2.40. The number of likely N-dealkylation sites (N-methyl/N-ethyl adjacent to an activating group) is 1. The van der Waals surface area contributed by atoms with Crippen LogP contribution in [0.25, 0.3) is 0 Å². The van der Waals surface area contributed by atoms with E-state index in [0.717, 1.165) is 39.1 Å². The van der Waals surface area contributed by atoms with Gasteiger partial charge in [0.05, 0.1) is 0 Å². The van der Waals surface area contributed by atoms with Gasteiger partial charge in [-0.3, -0.25) is 9.69 Å². The molecule has 124 valence electrons. The van der Waals surface area contributed by atoms with E-state index in [-0.39, 0.29) is 11.4 Å². The Hall–Kier alpha value is -0.650. The summed E-state index contributed by atoms with van der Waals surface area (Å²) in [5, 5.41) is 3.10. The molecule has 0 aromatic rings. The summed E-state index contributed by atoms with van der Waals surface area (Å²) in [6.07, 6.45) is 1.23. The third-order valence-electron chi connectivity index (χ3n) is 4.28. The van der Waals surface area contributed by atoms with Crippen molar-refractivity contribution in [1.29, 1.82) is 0 Å². The van der Waals surface area contributed by atoms with E-state index in [1.807, 2.05) is 13.8 Å². The number of rotatable bonds is 7. The van der Waals surface area contributed by atoms with Gasteiger partial charge in [0, 0.05) is 50.7 Å². The highest BCUT2D eigenvalue weighted by Crippen LogP contribution is 2.13. The lowest BCUT2D eigenvalue weighted by atomic mass is 9.99. The molecule has 0 radical (unpaired) electrons. The van der Waals surface area contributed by atoms with Gasteiger partial charge in [-0.2, -0.15) is 0 Å². The maximum Gasteiger partial charge on any atom is 0.220 e. The molecule has 0 spiro atoms. The van der Waals surface area contributed by atoms with Crippen LogP contribution in [0.4, 0.5) is 0 Å². The summed E-state index contributed by atoms with van der Waals surface area (Å²) in [6, 6.07) is 0.425. The van der Waals surface area contributed by atoms with Crippen LogP contribution in [-0.2, 0) is 4.79 Å². The molecule has 1 heterocycles. The Bertz CT molecular complexity index is 317. The monoisotopic (exact) mass is 298 g/mol. The molecule has 5 heteroatoms. The van der Waals surface area contributed by atoms with E-state index >= 15 is 0 Å². The lowest BCUT2D eigenvalue weighted by molar-refractivity contribution is -0.121. The molecular weight excluding hydrogens is 264 g/mol. The molecule has 0 aliphatic carbocycles. The summed E-state index contributed by atoms with van der Waals surface area (Å²) < 4.78 is 0. The summed E-state index contributed by atoms with van der Waals surface area (Å²) in [7, 11) is 2.16. The molecule has 1 atom stereocenters. The first-order chi connectivity index (χ1) is 9.69. The second-order valence-corrected chi connectivity index (χ2v) is 7.44. The van der Waals surface area contributed by atoms with Gasteiger partial charge in [0.25, 0.3) is 0 Å². The van der Waals surface area contributed by atoms with Gasteiger partial charge >= 0.3 is 0 Å². The summed E-state index contributed by atoms with van der Waals surface area (Å²) in [6.45, 7) is 13.5. The molecule has 1 fully saturated rings. The van der Waals surface area contributed by atoms with Gasteiger partial charge < -0.3 is 16.0 Å². The van der Waals surface area contributed by atoms with Crippen molar-refractivity contribution in [2.24, 2.45) is 11.7 Å². The topological polar surface area (TPSA) is 61.6 Å². The Kier molecular flexibility index (Phi) is 7.10. The first-order valence-corrected chi connectivity index (χ1v) is 8.17. The van der Waals surface area contributed by atoms with E-state index in [4.69, 9.17) is 5.73 Å². The number of hydrogen-bond acceptors (Lipinski definition) is 4. The standard InChI is InChI=1S/C16H34N4O/c1-13(2)14(20-10-8-19(5)9-11-20)12-18-15(21)6-7-16(3,4)17/h13-14H,6-12,17H2,1-5H3,(H,18,21). The first kappa shape index (κ1) is 18.4. The van der Waals surface area contributed by atoms with Gasteiger partial charge in [-0.1, -0.05) is 13.8 Å². The number of nitrogens with two attached hydrogens (primary N) is 1. The number of piperazine rings is 1. The molecule has 0 saturated carbocycles. The molecule has 1 saturated heterocycles. The number of hydrogen-bond donors (Lipinski definition) is 2. The van der Waals surface area contributed by atoms with Crippen molar-refractivity contribution < 1.29 is 4.79 Å². The molecule has 5 nitrogen and oxygen atoms in total. The number of amides is 1. The van der Waals surface area contributed by atoms with Gasteiger partial charge in [0.2, 0.25) is 5.91 Å². The molecule has 3 N–H and O–H groups in total. The normalized spacial score (nSPS) is 19.8. The van der Waals surface area contributed by atoms with Crippen LogP contribution in [0.5, 0.6) is 0 Å². The minimum atomic E-state index is -0.272. The van der Waals surface area contributed by atoms with E-state index in [9.17, 15) is 4.79 Å². The Morgan fingerprint density at radius 1 is 1.24 bits per heavy atom. The largest absolute Gasteiger partial charge is 0.355 e. The lowest BCUT2D eigenvalue weighted by Crippen LogP contribution is -2.54. The van der Waals surface area contributed by atoms with Crippen LogP contribution in [0.2, 0.25) is 0 Å². The summed E-state index contributed by atoms with van der Waals surface area (Å²) in [5.74, 6) is 0.660. The van der Waals surface area contributed by atoms with Crippen LogP contribution in [0.15, 0.2) is 0 Å². The smallest absolute Gasteiger partial charge is 0.220 e. The molecule has 1 unspecified atom stereocenters. The minimum Gasteiger partial charge on any atom is -0.355 e. The number of carbonyl (C=O) groups is 1. The van der Waals surface area contributed by atoms with Crippen LogP contribution in [-0.4, -0.2) is 67.1 Å². The minimum absolute atomic E-state index is 0.119. The zero-order chi connectivity index (χ0) is 16.0. The van der Waals surface area contributed by atoms with Gasteiger partial charge in [0.15, 0.2) is 0 Å². The van der Waals surface area contributed by atoms with E-state index in [2.05, 4.69) is 36.0 Å². The van der Waals surface area contributed by atoms with Crippen molar-refractivity contribution in [2.45, 2.75) is 52.1 Å². The maximum absolute atomic E-state index is 12.0. The van der Waals surface area contributed by atoms with E-state index in [1.54, 1.807) is 0 Å². The van der Waals surface area contributed by atoms with Crippen molar-refractivity contribution in [3.05, 3.63) is 0 Å². The van der Waals surface area contributed by atoms with Gasteiger partial charge in [-0.25, -0.2) is 0 Å². The SMILES string of the molecule is CC(C)C(CNC(=O)CCC(C)(C)N)N1CCN(C)CC1. The Balaban J connectivity index is 2.39. The summed E-state index contributed by atoms with van der Waals surface area (Å²) >= 11 is 0. The highest BCUT2D eigenvalue weighted by molar-refractivity contribution is 5.75. The van der Waals surface area contributed by atoms with Gasteiger partial charge in [-0.05, 0) is 33.2 Å². The molecule has 0 aromatic heterocycles. The van der Waals surface area contributed by atoms with Crippen molar-refractivity contribution in [3.8, 4) is 0 Å². The Morgan fingerprint density at radius 3 is 2.29 bits per heavy atom. The molecule has 0 bridgehead atoms. The zero-order valence-corrected chi connectivity index (χ0v) is 14.5. The maximum atomic E-state index is 12.0. The summed E-state index contributed by atoms with van der Waals surface area (Å²) in [5.41, 5.74) is 5.65. The first-order valence-electron chi connectivity index (χ1n) is 8.17. The molecule has 1 rings (SSSR count). The van der Waals surface area contributed by atoms with Crippen molar-refractivity contribution in [3.63, 3.8) is 0 Å². The van der Waals surface area contributed by atoms with E-state index < -0.39 is 0 Å². The predicted octanol–water partition coefficient (Wildman–Crippen LogP) is 0.892. The number of nitrogens with zero attached hydrogens (tertiary/aromatic N) is 2. The fraction of sp³-hybridized carbons (Fsp3) is 0.938. The molecule has 21 heavy (non-hydrogen) atoms. The Labute approximate surface area is 130 Å². The fourth-order valence-corrected chi connectivity index (χ4v) is 2.68. The average Bonchev–Trinajstić information content (AvgIpc) is 2.37. The van der Waals surface area contributed by atoms with Crippen molar-refractivity contribution >= 4 is 5.91 Å². The van der Waals surface area contributed by atoms with E-state index in [0.29, 0.717) is 18.4 Å². The average molecular weight is 298 g/mol. The highest BCUT2D eigenvalue weighted by Gasteiger charge is 2.25.